The van der Waals surface area contributed by atoms with Gasteiger partial charge in [0, 0.05) is 58.4 Å². The lowest BCUT2D eigenvalue weighted by molar-refractivity contribution is 0.179. The molecule has 0 aromatic heterocycles. The summed E-state index contributed by atoms with van der Waals surface area (Å²) in [4.78, 5) is 2.44. The van der Waals surface area contributed by atoms with E-state index >= 15 is 0 Å². The van der Waals surface area contributed by atoms with E-state index in [1.807, 2.05) is 0 Å². The van der Waals surface area contributed by atoms with Gasteiger partial charge in [-0.2, -0.15) is 17.0 Å². The average Bonchev–Trinajstić information content (AvgIpc) is 3.09. The van der Waals surface area contributed by atoms with Gasteiger partial charge in [-0.25, -0.2) is 0 Å². The van der Waals surface area contributed by atoms with Crippen LogP contribution in [0.15, 0.2) is 0 Å². The van der Waals surface area contributed by atoms with Crippen LogP contribution in [0.2, 0.25) is 0 Å². The normalized spacial score (nSPS) is 34.9. The summed E-state index contributed by atoms with van der Waals surface area (Å²) >= 11 is 0. The number of nitrogens with zero attached hydrogens (tertiary/aromatic N) is 3. The van der Waals surface area contributed by atoms with E-state index in [9.17, 15) is 8.42 Å². The van der Waals surface area contributed by atoms with E-state index in [0.717, 1.165) is 39.0 Å². The smallest absolute Gasteiger partial charge is 0.282 e. The Kier molecular flexibility index (Phi) is 4.33. The van der Waals surface area contributed by atoms with Crippen LogP contribution in [-0.4, -0.2) is 80.3 Å². The lowest BCUT2D eigenvalue weighted by Gasteiger charge is -2.32. The summed E-state index contributed by atoms with van der Waals surface area (Å²) in [5.74, 6) is 0.497. The highest BCUT2D eigenvalue weighted by Crippen LogP contribution is 2.25. The molecule has 7 heteroatoms. The van der Waals surface area contributed by atoms with Gasteiger partial charge in [0.25, 0.3) is 10.2 Å². The summed E-state index contributed by atoms with van der Waals surface area (Å²) in [5.41, 5.74) is 0. The molecule has 20 heavy (non-hydrogen) atoms. The van der Waals surface area contributed by atoms with Gasteiger partial charge < -0.3 is 5.32 Å². The van der Waals surface area contributed by atoms with Gasteiger partial charge >= 0.3 is 0 Å². The van der Waals surface area contributed by atoms with Crippen molar-refractivity contribution in [2.45, 2.75) is 25.8 Å². The fraction of sp³-hybridized carbons (Fsp3) is 1.00. The van der Waals surface area contributed by atoms with E-state index in [1.165, 1.54) is 0 Å². The maximum atomic E-state index is 12.6. The van der Waals surface area contributed by atoms with Gasteiger partial charge in [-0.3, -0.25) is 4.90 Å². The van der Waals surface area contributed by atoms with Gasteiger partial charge in [0.15, 0.2) is 0 Å². The Bertz CT molecular complexity index is 436. The Morgan fingerprint density at radius 2 is 1.60 bits per heavy atom. The molecule has 3 heterocycles. The quantitative estimate of drug-likeness (QED) is 0.767. The van der Waals surface area contributed by atoms with Crippen LogP contribution >= 0.6 is 0 Å². The Labute approximate surface area is 122 Å². The minimum Gasteiger partial charge on any atom is -0.314 e. The highest BCUT2D eigenvalue weighted by atomic mass is 32.2. The minimum atomic E-state index is -3.22. The zero-order valence-corrected chi connectivity index (χ0v) is 13.1. The largest absolute Gasteiger partial charge is 0.314 e. The highest BCUT2D eigenvalue weighted by Gasteiger charge is 2.39. The summed E-state index contributed by atoms with van der Waals surface area (Å²) in [7, 11) is -3.22. The average molecular weight is 302 g/mol. The summed E-state index contributed by atoms with van der Waals surface area (Å²) in [5, 5.41) is 3.35. The molecular formula is C13H26N4O2S. The third-order valence-corrected chi connectivity index (χ3v) is 6.80. The molecule has 0 saturated carbocycles. The van der Waals surface area contributed by atoms with E-state index in [-0.39, 0.29) is 0 Å². The van der Waals surface area contributed by atoms with Crippen LogP contribution < -0.4 is 5.32 Å². The first kappa shape index (κ1) is 14.7. The Morgan fingerprint density at radius 1 is 0.950 bits per heavy atom. The Balaban J connectivity index is 1.61. The highest BCUT2D eigenvalue weighted by molar-refractivity contribution is 7.86. The second-order valence-corrected chi connectivity index (χ2v) is 8.27. The molecule has 0 amide bonds. The SMILES string of the molecule is CC1CCN(S(=O)(=O)N2CCC(N3CCNCC3)C2)C1. The molecule has 116 valence electrons. The van der Waals surface area contributed by atoms with Crippen LogP contribution in [0.4, 0.5) is 0 Å². The Hall–Kier alpha value is -0.210. The molecule has 3 fully saturated rings. The predicted molar refractivity (Wildman–Crippen MR) is 78.7 cm³/mol. The molecule has 0 spiro atoms. The molecular weight excluding hydrogens is 276 g/mol. The first-order valence-electron chi connectivity index (χ1n) is 7.77. The Morgan fingerprint density at radius 3 is 2.25 bits per heavy atom. The van der Waals surface area contributed by atoms with Crippen molar-refractivity contribution < 1.29 is 8.42 Å². The van der Waals surface area contributed by atoms with E-state index in [4.69, 9.17) is 0 Å². The molecule has 2 atom stereocenters. The van der Waals surface area contributed by atoms with Crippen molar-refractivity contribution in [3.8, 4) is 0 Å². The molecule has 3 rings (SSSR count). The van der Waals surface area contributed by atoms with Gasteiger partial charge in [0.2, 0.25) is 0 Å². The molecule has 6 nitrogen and oxygen atoms in total. The van der Waals surface area contributed by atoms with E-state index in [1.54, 1.807) is 8.61 Å². The van der Waals surface area contributed by atoms with Crippen molar-refractivity contribution in [3.05, 3.63) is 0 Å². The minimum absolute atomic E-state index is 0.409. The lowest BCUT2D eigenvalue weighted by Crippen LogP contribution is -2.50. The van der Waals surface area contributed by atoms with Crippen molar-refractivity contribution >= 4 is 10.2 Å². The number of hydrogen-bond acceptors (Lipinski definition) is 4. The van der Waals surface area contributed by atoms with Crippen LogP contribution in [0.25, 0.3) is 0 Å². The molecule has 3 saturated heterocycles. The van der Waals surface area contributed by atoms with Gasteiger partial charge in [-0.1, -0.05) is 6.92 Å². The summed E-state index contributed by atoms with van der Waals surface area (Å²) in [6.45, 7) is 8.99. The number of piperazine rings is 1. The van der Waals surface area contributed by atoms with Gasteiger partial charge in [0.1, 0.15) is 0 Å². The molecule has 0 radical (unpaired) electrons. The van der Waals surface area contributed by atoms with Crippen molar-refractivity contribution in [1.82, 2.24) is 18.8 Å². The number of hydrogen-bond donors (Lipinski definition) is 1. The lowest BCUT2D eigenvalue weighted by atomic mass is 10.2. The summed E-state index contributed by atoms with van der Waals surface area (Å²) in [6, 6.07) is 0.409. The molecule has 0 aromatic carbocycles. The van der Waals surface area contributed by atoms with Crippen molar-refractivity contribution in [2.75, 3.05) is 52.4 Å². The first-order chi connectivity index (χ1) is 9.57. The van der Waals surface area contributed by atoms with Crippen LogP contribution in [-0.2, 0) is 10.2 Å². The zero-order chi connectivity index (χ0) is 14.2. The fourth-order valence-electron chi connectivity index (χ4n) is 3.53. The van der Waals surface area contributed by atoms with Crippen molar-refractivity contribution in [3.63, 3.8) is 0 Å². The molecule has 2 unspecified atom stereocenters. The van der Waals surface area contributed by atoms with Crippen LogP contribution in [0.1, 0.15) is 19.8 Å². The van der Waals surface area contributed by atoms with E-state index in [0.29, 0.717) is 38.1 Å². The van der Waals surface area contributed by atoms with E-state index < -0.39 is 10.2 Å². The number of nitrogens with one attached hydrogen (secondary N) is 1. The summed E-state index contributed by atoms with van der Waals surface area (Å²) in [6.07, 6.45) is 1.97. The van der Waals surface area contributed by atoms with Crippen LogP contribution in [0.3, 0.4) is 0 Å². The second kappa shape index (κ2) is 5.88. The van der Waals surface area contributed by atoms with Gasteiger partial charge in [-0.15, -0.1) is 0 Å². The molecule has 3 aliphatic heterocycles. The monoisotopic (exact) mass is 302 g/mol. The maximum Gasteiger partial charge on any atom is 0.282 e. The molecule has 0 aliphatic carbocycles. The molecule has 0 aromatic rings. The van der Waals surface area contributed by atoms with Crippen molar-refractivity contribution in [2.24, 2.45) is 5.92 Å². The standard InChI is InChI=1S/C13H26N4O2S/c1-12-2-6-16(10-12)20(18,19)17-7-3-13(11-17)15-8-4-14-5-9-15/h12-14H,2-11H2,1H3. The predicted octanol–water partition coefficient (Wildman–Crippen LogP) is -0.447. The fourth-order valence-corrected chi connectivity index (χ4v) is 5.34. The maximum absolute atomic E-state index is 12.6. The molecule has 0 bridgehead atoms. The third-order valence-electron chi connectivity index (χ3n) is 4.83. The van der Waals surface area contributed by atoms with Crippen LogP contribution in [0.5, 0.6) is 0 Å². The first-order valence-corrected chi connectivity index (χ1v) is 9.17. The van der Waals surface area contributed by atoms with Crippen LogP contribution in [0, 0.1) is 5.92 Å². The van der Waals surface area contributed by atoms with E-state index in [2.05, 4.69) is 17.1 Å². The summed E-state index contributed by atoms with van der Waals surface area (Å²) < 4.78 is 28.6. The van der Waals surface area contributed by atoms with Gasteiger partial charge in [0.05, 0.1) is 0 Å². The second-order valence-electron chi connectivity index (χ2n) is 6.35. The van der Waals surface area contributed by atoms with Gasteiger partial charge in [-0.05, 0) is 18.8 Å². The topological polar surface area (TPSA) is 55.9 Å². The molecule has 3 aliphatic rings. The van der Waals surface area contributed by atoms with Crippen molar-refractivity contribution in [1.29, 1.82) is 0 Å². The third kappa shape index (κ3) is 2.87. The molecule has 1 N–H and O–H groups in total. The zero-order valence-electron chi connectivity index (χ0n) is 12.3. The number of rotatable bonds is 3.